The van der Waals surface area contributed by atoms with Crippen LogP contribution in [-0.4, -0.2) is 48.8 Å². The van der Waals surface area contributed by atoms with E-state index in [2.05, 4.69) is 25.5 Å². The fourth-order valence-corrected chi connectivity index (χ4v) is 3.43. The number of aryl methyl sites for hydroxylation is 1. The Morgan fingerprint density at radius 1 is 1.07 bits per heavy atom. The molecule has 28 heavy (non-hydrogen) atoms. The smallest absolute Gasteiger partial charge is 0.251 e. The molecule has 1 saturated heterocycles. The lowest BCUT2D eigenvalue weighted by atomic mass is 10.1. The summed E-state index contributed by atoms with van der Waals surface area (Å²) in [6, 6.07) is 7.16. The van der Waals surface area contributed by atoms with Crippen LogP contribution in [0.1, 0.15) is 35.4 Å². The van der Waals surface area contributed by atoms with E-state index in [0.717, 1.165) is 30.5 Å². The molecule has 0 saturated carbocycles. The fraction of sp³-hybridized carbons (Fsp3) is 0.450. The number of hydrogen-bond donors (Lipinski definition) is 2. The average Bonchev–Trinajstić information content (AvgIpc) is 3.19. The molecule has 2 aromatic rings. The summed E-state index contributed by atoms with van der Waals surface area (Å²) < 4.78 is 10.6. The summed E-state index contributed by atoms with van der Waals surface area (Å²) >= 11 is 0. The van der Waals surface area contributed by atoms with Crippen molar-refractivity contribution in [2.45, 2.75) is 26.2 Å². The van der Waals surface area contributed by atoms with Gasteiger partial charge >= 0.3 is 0 Å². The van der Waals surface area contributed by atoms with Gasteiger partial charge in [-0.25, -0.2) is 9.97 Å². The fourth-order valence-electron chi connectivity index (χ4n) is 3.43. The second-order valence-electron chi connectivity index (χ2n) is 6.96. The Morgan fingerprint density at radius 3 is 2.75 bits per heavy atom. The van der Waals surface area contributed by atoms with Gasteiger partial charge in [0.15, 0.2) is 11.5 Å². The predicted octanol–water partition coefficient (Wildman–Crippen LogP) is 2.35. The Balaban J connectivity index is 1.29. The minimum absolute atomic E-state index is 0.145. The van der Waals surface area contributed by atoms with E-state index in [1.54, 1.807) is 18.2 Å². The van der Waals surface area contributed by atoms with Crippen molar-refractivity contribution in [2.75, 3.05) is 43.2 Å². The summed E-state index contributed by atoms with van der Waals surface area (Å²) in [6.07, 6.45) is 3.70. The second-order valence-corrected chi connectivity index (χ2v) is 6.96. The molecule has 0 bridgehead atoms. The summed E-state index contributed by atoms with van der Waals surface area (Å²) in [6.45, 7) is 5.24. The van der Waals surface area contributed by atoms with Crippen molar-refractivity contribution in [1.29, 1.82) is 0 Å². The highest BCUT2D eigenvalue weighted by atomic mass is 16.7. The molecule has 8 heteroatoms. The monoisotopic (exact) mass is 383 g/mol. The third-order valence-corrected chi connectivity index (χ3v) is 4.86. The van der Waals surface area contributed by atoms with Gasteiger partial charge in [0.05, 0.1) is 0 Å². The number of hydrogen-bond acceptors (Lipinski definition) is 7. The lowest BCUT2D eigenvalue weighted by Gasteiger charge is -2.28. The van der Waals surface area contributed by atoms with E-state index < -0.39 is 0 Å². The van der Waals surface area contributed by atoms with Gasteiger partial charge in [-0.1, -0.05) is 0 Å². The molecule has 2 aliphatic heterocycles. The molecular formula is C20H25N5O3. The zero-order valence-corrected chi connectivity index (χ0v) is 16.0. The quantitative estimate of drug-likeness (QED) is 0.740. The number of nitrogens with zero attached hydrogens (tertiary/aromatic N) is 3. The van der Waals surface area contributed by atoms with Crippen molar-refractivity contribution < 1.29 is 14.3 Å². The van der Waals surface area contributed by atoms with Gasteiger partial charge < -0.3 is 25.0 Å². The van der Waals surface area contributed by atoms with Crippen LogP contribution in [0, 0.1) is 6.92 Å². The maximum Gasteiger partial charge on any atom is 0.251 e. The SMILES string of the molecule is Cc1nc(NCCNC(=O)c2ccc3c(c2)OCO3)cc(N2CCCCC2)n1. The van der Waals surface area contributed by atoms with E-state index in [-0.39, 0.29) is 12.7 Å². The van der Waals surface area contributed by atoms with Crippen molar-refractivity contribution in [3.8, 4) is 11.5 Å². The van der Waals surface area contributed by atoms with Gasteiger partial charge in [-0.15, -0.1) is 0 Å². The van der Waals surface area contributed by atoms with Gasteiger partial charge in [-0.3, -0.25) is 4.79 Å². The van der Waals surface area contributed by atoms with Crippen LogP contribution in [0.4, 0.5) is 11.6 Å². The highest BCUT2D eigenvalue weighted by Gasteiger charge is 2.16. The summed E-state index contributed by atoms with van der Waals surface area (Å²) in [4.78, 5) is 23.6. The third-order valence-electron chi connectivity index (χ3n) is 4.86. The maximum atomic E-state index is 12.3. The minimum Gasteiger partial charge on any atom is -0.454 e. The molecule has 1 aromatic carbocycles. The van der Waals surface area contributed by atoms with Gasteiger partial charge in [-0.2, -0.15) is 0 Å². The van der Waals surface area contributed by atoms with E-state index in [0.29, 0.717) is 30.2 Å². The molecule has 4 rings (SSSR count). The predicted molar refractivity (Wildman–Crippen MR) is 106 cm³/mol. The van der Waals surface area contributed by atoms with Gasteiger partial charge in [0.25, 0.3) is 5.91 Å². The zero-order chi connectivity index (χ0) is 19.3. The van der Waals surface area contributed by atoms with Crippen LogP contribution < -0.4 is 25.0 Å². The molecule has 0 spiro atoms. The Kier molecular flexibility index (Phi) is 5.45. The molecule has 8 nitrogen and oxygen atoms in total. The first-order chi connectivity index (χ1) is 13.7. The van der Waals surface area contributed by atoms with Crippen LogP contribution in [0.25, 0.3) is 0 Å². The second kappa shape index (κ2) is 8.33. The molecule has 1 aromatic heterocycles. The third kappa shape index (κ3) is 4.27. The molecule has 0 radical (unpaired) electrons. The van der Waals surface area contributed by atoms with E-state index in [1.165, 1.54) is 19.3 Å². The molecule has 0 aliphatic carbocycles. The summed E-state index contributed by atoms with van der Waals surface area (Å²) in [5.41, 5.74) is 0.550. The standard InChI is InChI=1S/C20H25N5O3/c1-14-23-18(12-19(24-14)25-9-3-2-4-10-25)21-7-8-22-20(26)15-5-6-16-17(11-15)28-13-27-16/h5-6,11-12H,2-4,7-10,13H2,1H3,(H,22,26)(H,21,23,24). The molecule has 2 N–H and O–H groups in total. The van der Waals surface area contributed by atoms with E-state index in [9.17, 15) is 4.79 Å². The van der Waals surface area contributed by atoms with Crippen LogP contribution in [0.2, 0.25) is 0 Å². The molecule has 2 aliphatic rings. The zero-order valence-electron chi connectivity index (χ0n) is 16.0. The van der Waals surface area contributed by atoms with Crippen LogP contribution in [-0.2, 0) is 0 Å². The van der Waals surface area contributed by atoms with Crippen LogP contribution in [0.5, 0.6) is 11.5 Å². The topological polar surface area (TPSA) is 88.6 Å². The number of anilines is 2. The van der Waals surface area contributed by atoms with Gasteiger partial charge in [0.1, 0.15) is 17.5 Å². The lowest BCUT2D eigenvalue weighted by Crippen LogP contribution is -2.31. The molecular weight excluding hydrogens is 358 g/mol. The van der Waals surface area contributed by atoms with Crippen LogP contribution in [0.3, 0.4) is 0 Å². The number of aromatic nitrogens is 2. The van der Waals surface area contributed by atoms with Gasteiger partial charge in [-0.05, 0) is 44.4 Å². The lowest BCUT2D eigenvalue weighted by molar-refractivity contribution is 0.0954. The first-order valence-corrected chi connectivity index (χ1v) is 9.71. The summed E-state index contributed by atoms with van der Waals surface area (Å²) in [7, 11) is 0. The Morgan fingerprint density at radius 2 is 1.89 bits per heavy atom. The maximum absolute atomic E-state index is 12.3. The molecule has 0 unspecified atom stereocenters. The van der Waals surface area contributed by atoms with E-state index in [4.69, 9.17) is 9.47 Å². The van der Waals surface area contributed by atoms with Crippen LogP contribution >= 0.6 is 0 Å². The Hall–Kier alpha value is -3.03. The van der Waals surface area contributed by atoms with Crippen molar-refractivity contribution >= 4 is 17.5 Å². The number of amides is 1. The number of carbonyl (C=O) groups is 1. The highest BCUT2D eigenvalue weighted by molar-refractivity contribution is 5.94. The normalized spacial score (nSPS) is 15.4. The van der Waals surface area contributed by atoms with Crippen LogP contribution in [0.15, 0.2) is 24.3 Å². The number of piperidine rings is 1. The highest BCUT2D eigenvalue weighted by Crippen LogP contribution is 2.32. The average molecular weight is 383 g/mol. The number of benzene rings is 1. The van der Waals surface area contributed by atoms with E-state index >= 15 is 0 Å². The number of rotatable bonds is 6. The van der Waals surface area contributed by atoms with Crippen molar-refractivity contribution in [3.05, 3.63) is 35.7 Å². The largest absolute Gasteiger partial charge is 0.454 e. The van der Waals surface area contributed by atoms with E-state index in [1.807, 2.05) is 13.0 Å². The number of nitrogens with one attached hydrogen (secondary N) is 2. The Bertz CT molecular complexity index is 852. The number of ether oxygens (including phenoxy) is 2. The summed E-state index contributed by atoms with van der Waals surface area (Å²) in [5.74, 6) is 3.63. The van der Waals surface area contributed by atoms with Gasteiger partial charge in [0.2, 0.25) is 6.79 Å². The van der Waals surface area contributed by atoms with Crippen molar-refractivity contribution in [3.63, 3.8) is 0 Å². The molecule has 0 atom stereocenters. The first kappa shape index (κ1) is 18.3. The molecule has 1 fully saturated rings. The first-order valence-electron chi connectivity index (χ1n) is 9.71. The number of fused-ring (bicyclic) bond motifs is 1. The summed E-state index contributed by atoms with van der Waals surface area (Å²) in [5, 5.41) is 6.18. The minimum atomic E-state index is -0.145. The molecule has 3 heterocycles. The Labute approximate surface area is 164 Å². The van der Waals surface area contributed by atoms with Crippen molar-refractivity contribution in [1.82, 2.24) is 15.3 Å². The number of carbonyl (C=O) groups excluding carboxylic acids is 1. The van der Waals surface area contributed by atoms with Gasteiger partial charge in [0, 0.05) is 37.8 Å². The van der Waals surface area contributed by atoms with Crippen molar-refractivity contribution in [2.24, 2.45) is 0 Å². The molecule has 148 valence electrons. The molecule has 1 amide bonds.